The maximum absolute atomic E-state index is 12.3. The van der Waals surface area contributed by atoms with Gasteiger partial charge in [-0.05, 0) is 74.1 Å². The molecule has 1 aromatic carbocycles. The Labute approximate surface area is 154 Å². The van der Waals surface area contributed by atoms with E-state index in [1.807, 2.05) is 12.1 Å². The van der Waals surface area contributed by atoms with Crippen LogP contribution in [0.5, 0.6) is 5.75 Å². The van der Waals surface area contributed by atoms with Crippen LogP contribution in [0.2, 0.25) is 0 Å². The highest BCUT2D eigenvalue weighted by molar-refractivity contribution is 5.76. The predicted octanol–water partition coefficient (Wildman–Crippen LogP) is 2.13. The molecule has 1 spiro atoms. The van der Waals surface area contributed by atoms with E-state index in [-0.39, 0.29) is 23.3 Å². The summed E-state index contributed by atoms with van der Waals surface area (Å²) in [6.45, 7) is 2.17. The van der Waals surface area contributed by atoms with Crippen molar-refractivity contribution >= 4 is 5.97 Å². The monoisotopic (exact) mass is 357 g/mol. The average molecular weight is 357 g/mol. The summed E-state index contributed by atoms with van der Waals surface area (Å²) in [6, 6.07) is 5.81. The van der Waals surface area contributed by atoms with Crippen molar-refractivity contribution in [3.8, 4) is 5.75 Å². The highest BCUT2D eigenvalue weighted by Crippen LogP contribution is 2.51. The zero-order valence-electron chi connectivity index (χ0n) is 15.1. The second kappa shape index (κ2) is 5.96. The van der Waals surface area contributed by atoms with Crippen molar-refractivity contribution in [3.05, 3.63) is 29.3 Å². The number of benzene rings is 1. The number of carbonyl (C=O) groups excluding carboxylic acids is 1. The Kier molecular flexibility index (Phi) is 3.80. The lowest BCUT2D eigenvalue weighted by Gasteiger charge is -2.55. The van der Waals surface area contributed by atoms with E-state index in [1.165, 1.54) is 18.4 Å². The quantitative estimate of drug-likeness (QED) is 0.811. The van der Waals surface area contributed by atoms with E-state index in [1.54, 1.807) is 6.07 Å². The van der Waals surface area contributed by atoms with E-state index in [2.05, 4.69) is 4.90 Å². The third-order valence-corrected chi connectivity index (χ3v) is 7.04. The summed E-state index contributed by atoms with van der Waals surface area (Å²) in [5.41, 5.74) is 1.92. The summed E-state index contributed by atoms with van der Waals surface area (Å²) in [4.78, 5) is 14.7. The van der Waals surface area contributed by atoms with E-state index in [9.17, 15) is 15.0 Å². The molecule has 4 atom stereocenters. The van der Waals surface area contributed by atoms with Gasteiger partial charge in [-0.1, -0.05) is 6.07 Å². The summed E-state index contributed by atoms with van der Waals surface area (Å²) >= 11 is 0. The number of aromatic hydroxyl groups is 1. The molecule has 2 N–H and O–H groups in total. The molecule has 5 heteroatoms. The third-order valence-electron chi connectivity index (χ3n) is 7.04. The van der Waals surface area contributed by atoms with Crippen molar-refractivity contribution in [2.45, 2.75) is 68.6 Å². The number of rotatable bonds is 3. The molecule has 1 aromatic rings. The zero-order chi connectivity index (χ0) is 17.9. The summed E-state index contributed by atoms with van der Waals surface area (Å²) < 4.78 is 5.91. The van der Waals surface area contributed by atoms with Crippen LogP contribution in [0, 0.1) is 5.92 Å². The van der Waals surface area contributed by atoms with Crippen LogP contribution in [0.25, 0.3) is 0 Å². The van der Waals surface area contributed by atoms with Gasteiger partial charge in [-0.2, -0.15) is 0 Å². The van der Waals surface area contributed by atoms with E-state index in [4.69, 9.17) is 4.74 Å². The third kappa shape index (κ3) is 2.55. The van der Waals surface area contributed by atoms with Crippen LogP contribution >= 0.6 is 0 Å². The van der Waals surface area contributed by atoms with Gasteiger partial charge in [-0.25, -0.2) is 4.79 Å². The van der Waals surface area contributed by atoms with Gasteiger partial charge in [0.1, 0.15) is 11.9 Å². The SMILES string of the molecule is O=C1OC(C2CCN2CC2CC2)C2(CCCc3ccc(O)cc32)CC1O. The van der Waals surface area contributed by atoms with Crippen LogP contribution in [0.3, 0.4) is 0 Å². The number of hydrogen-bond donors (Lipinski definition) is 2. The van der Waals surface area contributed by atoms with Crippen LogP contribution in [0.4, 0.5) is 0 Å². The highest BCUT2D eigenvalue weighted by Gasteiger charge is 2.57. The van der Waals surface area contributed by atoms with Gasteiger partial charge in [0.25, 0.3) is 0 Å². The summed E-state index contributed by atoms with van der Waals surface area (Å²) in [5.74, 6) is 0.575. The number of aliphatic hydroxyl groups excluding tert-OH is 1. The fourth-order valence-electron chi connectivity index (χ4n) is 5.45. The van der Waals surface area contributed by atoms with Crippen molar-refractivity contribution in [1.82, 2.24) is 4.90 Å². The molecule has 2 aliphatic carbocycles. The van der Waals surface area contributed by atoms with E-state index < -0.39 is 12.1 Å². The van der Waals surface area contributed by atoms with Crippen molar-refractivity contribution in [3.63, 3.8) is 0 Å². The second-order valence-electron chi connectivity index (χ2n) is 8.72. The molecule has 3 fully saturated rings. The highest BCUT2D eigenvalue weighted by atomic mass is 16.6. The lowest BCUT2D eigenvalue weighted by molar-refractivity contribution is -0.190. The molecule has 0 bridgehead atoms. The van der Waals surface area contributed by atoms with Crippen molar-refractivity contribution in [2.75, 3.05) is 13.1 Å². The molecule has 0 amide bonds. The first-order valence-electron chi connectivity index (χ1n) is 10.0. The Hall–Kier alpha value is -1.59. The molecule has 1 saturated carbocycles. The van der Waals surface area contributed by atoms with Crippen LogP contribution < -0.4 is 0 Å². The maximum Gasteiger partial charge on any atom is 0.335 e. The molecule has 2 aliphatic heterocycles. The topological polar surface area (TPSA) is 70.0 Å². The van der Waals surface area contributed by atoms with Gasteiger partial charge in [-0.15, -0.1) is 0 Å². The Bertz CT molecular complexity index is 731. The van der Waals surface area contributed by atoms with Gasteiger partial charge in [0, 0.05) is 24.5 Å². The Balaban J connectivity index is 1.54. The average Bonchev–Trinajstić information content (AvgIpc) is 3.42. The number of cyclic esters (lactones) is 1. The molecule has 140 valence electrons. The number of hydrogen-bond acceptors (Lipinski definition) is 5. The molecule has 4 aliphatic rings. The standard InChI is InChI=1S/C21H27NO4/c23-15-6-5-14-2-1-8-21(16(14)10-15)11-18(24)20(25)26-19(21)17-7-9-22(17)12-13-3-4-13/h5-6,10,13,17-19,23-24H,1-4,7-9,11-12H2. The number of ether oxygens (including phenoxy) is 1. The van der Waals surface area contributed by atoms with Crippen molar-refractivity contribution in [2.24, 2.45) is 5.92 Å². The molecule has 5 nitrogen and oxygen atoms in total. The van der Waals surface area contributed by atoms with Gasteiger partial charge in [0.15, 0.2) is 6.10 Å². The maximum atomic E-state index is 12.3. The van der Waals surface area contributed by atoms with Gasteiger partial charge >= 0.3 is 5.97 Å². The summed E-state index contributed by atoms with van der Waals surface area (Å²) in [7, 11) is 0. The molecule has 0 radical (unpaired) electrons. The normalized spacial score (nSPS) is 37.1. The number of aliphatic hydroxyl groups is 1. The molecule has 0 aromatic heterocycles. The predicted molar refractivity (Wildman–Crippen MR) is 95.9 cm³/mol. The number of likely N-dealkylation sites (tertiary alicyclic amines) is 1. The van der Waals surface area contributed by atoms with Crippen molar-refractivity contribution in [1.29, 1.82) is 0 Å². The van der Waals surface area contributed by atoms with E-state index >= 15 is 0 Å². The number of esters is 1. The van der Waals surface area contributed by atoms with Crippen molar-refractivity contribution < 1.29 is 19.7 Å². The summed E-state index contributed by atoms with van der Waals surface area (Å²) in [6.07, 6.45) is 5.66. The Morgan fingerprint density at radius 3 is 2.85 bits per heavy atom. The largest absolute Gasteiger partial charge is 0.508 e. The first-order valence-corrected chi connectivity index (χ1v) is 10.0. The lowest BCUT2D eigenvalue weighted by Crippen LogP contribution is -2.65. The van der Waals surface area contributed by atoms with Gasteiger partial charge < -0.3 is 14.9 Å². The fourth-order valence-corrected chi connectivity index (χ4v) is 5.45. The molecular weight excluding hydrogens is 330 g/mol. The molecule has 2 saturated heterocycles. The van der Waals surface area contributed by atoms with Crippen LogP contribution in [0.15, 0.2) is 18.2 Å². The van der Waals surface area contributed by atoms with Crippen LogP contribution in [0.1, 0.15) is 49.7 Å². The van der Waals surface area contributed by atoms with E-state index in [0.29, 0.717) is 6.42 Å². The smallest absolute Gasteiger partial charge is 0.335 e. The number of carbonyl (C=O) groups is 1. The second-order valence-corrected chi connectivity index (χ2v) is 8.72. The van der Waals surface area contributed by atoms with Crippen LogP contribution in [-0.2, 0) is 21.4 Å². The zero-order valence-corrected chi connectivity index (χ0v) is 15.1. The molecule has 5 rings (SSSR count). The minimum Gasteiger partial charge on any atom is -0.508 e. The number of nitrogens with zero attached hydrogens (tertiary/aromatic N) is 1. The molecule has 26 heavy (non-hydrogen) atoms. The number of phenolic OH excluding ortho intramolecular Hbond substituents is 1. The number of fused-ring (bicyclic) bond motifs is 2. The first-order chi connectivity index (χ1) is 12.6. The summed E-state index contributed by atoms with van der Waals surface area (Å²) in [5, 5.41) is 20.5. The molecular formula is C21H27NO4. The number of aryl methyl sites for hydroxylation is 1. The first kappa shape index (κ1) is 16.6. The van der Waals surface area contributed by atoms with Gasteiger partial charge in [0.05, 0.1) is 0 Å². The van der Waals surface area contributed by atoms with E-state index in [0.717, 1.165) is 50.3 Å². The number of phenols is 1. The van der Waals surface area contributed by atoms with Gasteiger partial charge in [0.2, 0.25) is 0 Å². The molecule has 2 heterocycles. The van der Waals surface area contributed by atoms with Crippen LogP contribution in [-0.4, -0.2) is 52.4 Å². The Morgan fingerprint density at radius 1 is 1.27 bits per heavy atom. The minimum absolute atomic E-state index is 0.230. The fraction of sp³-hybridized carbons (Fsp3) is 0.667. The Morgan fingerprint density at radius 2 is 2.12 bits per heavy atom. The van der Waals surface area contributed by atoms with Gasteiger partial charge in [-0.3, -0.25) is 4.90 Å². The minimum atomic E-state index is -1.07. The molecule has 4 unspecified atom stereocenters. The lowest BCUT2D eigenvalue weighted by atomic mass is 9.60.